The quantitative estimate of drug-likeness (QED) is 0.141. The second kappa shape index (κ2) is 15.7. The summed E-state index contributed by atoms with van der Waals surface area (Å²) in [5.41, 5.74) is 3.24. The van der Waals surface area contributed by atoms with Crippen LogP contribution in [0.2, 0.25) is 54.4 Å². The molecule has 1 aliphatic rings. The van der Waals surface area contributed by atoms with Crippen molar-refractivity contribution in [3.8, 4) is 0 Å². The van der Waals surface area contributed by atoms with Gasteiger partial charge in [-0.25, -0.2) is 4.98 Å². The Bertz CT molecular complexity index is 1290. The molecule has 10 heteroatoms. The molecule has 276 valence electrons. The molecule has 0 bridgehead atoms. The number of aromatic amines is 1. The predicted octanol–water partition coefficient (Wildman–Crippen LogP) is 10.7. The van der Waals surface area contributed by atoms with E-state index in [1.54, 1.807) is 6.33 Å². The molecule has 2 N–H and O–H groups in total. The van der Waals surface area contributed by atoms with Gasteiger partial charge in [-0.05, 0) is 97.9 Å². The van der Waals surface area contributed by atoms with E-state index in [2.05, 4.69) is 147 Å². The zero-order valence-corrected chi connectivity index (χ0v) is 36.9. The fourth-order valence-electron chi connectivity index (χ4n) is 5.76. The van der Waals surface area contributed by atoms with E-state index < -0.39 is 25.0 Å². The largest absolute Gasteiger partial charge is 0.415 e. The van der Waals surface area contributed by atoms with Gasteiger partial charge in [0.25, 0.3) is 0 Å². The van der Waals surface area contributed by atoms with Gasteiger partial charge in [-0.15, -0.1) is 0 Å². The predicted molar refractivity (Wildman–Crippen MR) is 215 cm³/mol. The number of aromatic nitrogens is 2. The standard InChI is InChI=1S/C38H74N4O3Si3/c1-29-26-42(24-20-18-17-19-23-39-30-21-22-31-32(25-30)41-28-40-31)33(27-43-46(11,12)36(2,3)4)35(45-48(15,16)38(8,9)10)34(29)44-47(13,14)37(5,6)7/h21-22,25,28-29,33-35,39H,17-20,23-24,26-27H2,1-16H3,(H,40,41)/t29-,33+,34+,35+/m0/s1. The number of nitrogens with one attached hydrogen (secondary N) is 2. The lowest BCUT2D eigenvalue weighted by Crippen LogP contribution is -2.66. The number of H-pyrrole nitrogens is 1. The van der Waals surface area contributed by atoms with E-state index in [4.69, 9.17) is 13.3 Å². The number of piperidine rings is 1. The summed E-state index contributed by atoms with van der Waals surface area (Å²) in [6.07, 6.45) is 6.60. The summed E-state index contributed by atoms with van der Waals surface area (Å²) in [5.74, 6) is 0.384. The van der Waals surface area contributed by atoms with Crippen LogP contribution in [0.25, 0.3) is 11.0 Å². The molecular weight excluding hydrogens is 645 g/mol. The van der Waals surface area contributed by atoms with Gasteiger partial charge >= 0.3 is 0 Å². The normalized spacial score (nSPS) is 22.4. The first kappa shape index (κ1) is 41.4. The average molecular weight is 719 g/mol. The Hall–Kier alpha value is -1.02. The van der Waals surface area contributed by atoms with Gasteiger partial charge < -0.3 is 23.6 Å². The Labute approximate surface area is 298 Å². The third-order valence-electron chi connectivity index (χ3n) is 12.3. The summed E-state index contributed by atoms with van der Waals surface area (Å²) in [7, 11) is -6.12. The minimum Gasteiger partial charge on any atom is -0.415 e. The minimum atomic E-state index is -2.11. The summed E-state index contributed by atoms with van der Waals surface area (Å²) in [5, 5.41) is 4.01. The van der Waals surface area contributed by atoms with Crippen molar-refractivity contribution in [1.82, 2.24) is 14.9 Å². The topological polar surface area (TPSA) is 71.6 Å². The number of hydrogen-bond donors (Lipinski definition) is 2. The van der Waals surface area contributed by atoms with Crippen LogP contribution < -0.4 is 5.32 Å². The second-order valence-corrected chi connectivity index (χ2v) is 33.6. The molecule has 0 radical (unpaired) electrons. The minimum absolute atomic E-state index is 0.00931. The Kier molecular flexibility index (Phi) is 13.5. The number of rotatable bonds is 15. The summed E-state index contributed by atoms with van der Waals surface area (Å²) < 4.78 is 22.0. The molecule has 1 saturated heterocycles. The first-order valence-corrected chi connectivity index (χ1v) is 27.5. The molecule has 0 aliphatic carbocycles. The summed E-state index contributed by atoms with van der Waals surface area (Å²) in [4.78, 5) is 10.3. The molecule has 7 nitrogen and oxygen atoms in total. The maximum atomic E-state index is 7.52. The lowest BCUT2D eigenvalue weighted by atomic mass is 9.88. The molecule has 48 heavy (non-hydrogen) atoms. The number of fused-ring (bicyclic) bond motifs is 1. The molecular formula is C38H74N4O3Si3. The van der Waals surface area contributed by atoms with Crippen LogP contribution in [0.5, 0.6) is 0 Å². The number of unbranched alkanes of at least 4 members (excludes halogenated alkanes) is 3. The first-order valence-electron chi connectivity index (χ1n) is 18.8. The maximum Gasteiger partial charge on any atom is 0.192 e. The SMILES string of the molecule is C[C@H]1CN(CCCCCCNc2ccc3nc[nH]c3c2)[C@H](CO[Si](C)(C)C(C)(C)C)[C@@H](O[Si](C)(C)C(C)(C)C)[C@@H]1O[Si](C)(C)C(C)(C)C. The Morgan fingerprint density at radius 1 is 0.792 bits per heavy atom. The highest BCUT2D eigenvalue weighted by molar-refractivity contribution is 6.75. The number of benzene rings is 1. The van der Waals surface area contributed by atoms with Crippen molar-refractivity contribution in [3.05, 3.63) is 24.5 Å². The molecule has 1 aliphatic heterocycles. The average Bonchev–Trinajstić information content (AvgIpc) is 3.40. The van der Waals surface area contributed by atoms with Crippen LogP contribution in [0.15, 0.2) is 24.5 Å². The van der Waals surface area contributed by atoms with Gasteiger partial charge in [-0.1, -0.05) is 82.1 Å². The van der Waals surface area contributed by atoms with E-state index in [1.165, 1.54) is 19.3 Å². The van der Waals surface area contributed by atoms with Gasteiger partial charge in [-0.3, -0.25) is 4.90 Å². The van der Waals surface area contributed by atoms with Crippen molar-refractivity contribution in [1.29, 1.82) is 0 Å². The molecule has 3 rings (SSSR count). The number of imidazole rings is 1. The van der Waals surface area contributed by atoms with Crippen LogP contribution in [0.4, 0.5) is 5.69 Å². The molecule has 1 aromatic carbocycles. The number of anilines is 1. The summed E-state index contributed by atoms with van der Waals surface area (Å²) in [6.45, 7) is 41.8. The fourth-order valence-corrected chi connectivity index (χ4v) is 9.51. The lowest BCUT2D eigenvalue weighted by Gasteiger charge is -2.54. The Balaban J connectivity index is 1.77. The van der Waals surface area contributed by atoms with Crippen LogP contribution in [0, 0.1) is 5.92 Å². The highest BCUT2D eigenvalue weighted by Crippen LogP contribution is 2.44. The monoisotopic (exact) mass is 719 g/mol. The maximum absolute atomic E-state index is 7.52. The zero-order chi connectivity index (χ0) is 36.3. The van der Waals surface area contributed by atoms with E-state index in [1.807, 2.05) is 0 Å². The van der Waals surface area contributed by atoms with E-state index in [0.717, 1.165) is 42.8 Å². The second-order valence-electron chi connectivity index (χ2n) is 19.3. The van der Waals surface area contributed by atoms with Crippen LogP contribution >= 0.6 is 0 Å². The van der Waals surface area contributed by atoms with Gasteiger partial charge in [0.05, 0.1) is 42.2 Å². The molecule has 1 aromatic heterocycles. The summed E-state index contributed by atoms with van der Waals surface area (Å²) in [6, 6.07) is 6.52. The Morgan fingerprint density at radius 3 is 1.94 bits per heavy atom. The highest BCUT2D eigenvalue weighted by atomic mass is 28.4. The van der Waals surface area contributed by atoms with Gasteiger partial charge in [0.1, 0.15) is 0 Å². The third kappa shape index (κ3) is 10.5. The molecule has 2 heterocycles. The summed E-state index contributed by atoms with van der Waals surface area (Å²) >= 11 is 0. The zero-order valence-electron chi connectivity index (χ0n) is 33.9. The van der Waals surface area contributed by atoms with Crippen molar-refractivity contribution in [2.45, 2.75) is 168 Å². The van der Waals surface area contributed by atoms with E-state index >= 15 is 0 Å². The van der Waals surface area contributed by atoms with Gasteiger partial charge in [0, 0.05) is 18.8 Å². The van der Waals surface area contributed by atoms with Gasteiger partial charge in [0.15, 0.2) is 25.0 Å². The van der Waals surface area contributed by atoms with Crippen molar-refractivity contribution in [2.24, 2.45) is 5.92 Å². The van der Waals surface area contributed by atoms with E-state index in [0.29, 0.717) is 12.5 Å². The van der Waals surface area contributed by atoms with E-state index in [9.17, 15) is 0 Å². The lowest BCUT2D eigenvalue weighted by molar-refractivity contribution is -0.101. The third-order valence-corrected chi connectivity index (χ3v) is 25.7. The van der Waals surface area contributed by atoms with Crippen molar-refractivity contribution < 1.29 is 13.3 Å². The van der Waals surface area contributed by atoms with Gasteiger partial charge in [-0.2, -0.15) is 0 Å². The van der Waals surface area contributed by atoms with Crippen LogP contribution in [0.1, 0.15) is 94.9 Å². The number of nitrogens with zero attached hydrogens (tertiary/aromatic N) is 2. The molecule has 0 spiro atoms. The molecule has 4 atom stereocenters. The Morgan fingerprint density at radius 2 is 1.35 bits per heavy atom. The van der Waals surface area contributed by atoms with Crippen LogP contribution in [-0.4, -0.2) is 84.3 Å². The number of likely N-dealkylation sites (tertiary alicyclic amines) is 1. The molecule has 0 amide bonds. The molecule has 0 saturated carbocycles. The molecule has 2 aromatic rings. The highest BCUT2D eigenvalue weighted by Gasteiger charge is 2.52. The molecule has 1 fully saturated rings. The van der Waals surface area contributed by atoms with Gasteiger partial charge in [0.2, 0.25) is 0 Å². The van der Waals surface area contributed by atoms with Crippen molar-refractivity contribution >= 4 is 41.7 Å². The van der Waals surface area contributed by atoms with Crippen molar-refractivity contribution in [2.75, 3.05) is 31.6 Å². The van der Waals surface area contributed by atoms with Crippen LogP contribution in [-0.2, 0) is 13.3 Å². The van der Waals surface area contributed by atoms with E-state index in [-0.39, 0.29) is 33.4 Å². The molecule has 0 unspecified atom stereocenters. The number of hydrogen-bond acceptors (Lipinski definition) is 6. The first-order chi connectivity index (χ1) is 21.9. The fraction of sp³-hybridized carbons (Fsp3) is 0.816. The smallest absolute Gasteiger partial charge is 0.192 e. The van der Waals surface area contributed by atoms with Crippen LogP contribution in [0.3, 0.4) is 0 Å². The van der Waals surface area contributed by atoms with Crippen molar-refractivity contribution in [3.63, 3.8) is 0 Å².